The van der Waals surface area contributed by atoms with Gasteiger partial charge < -0.3 is 24.3 Å². The SMILES string of the molecule is CCCCN=C(NCCc1ccco1)N1CCC(C(=O)N2CCOCC2)CC1.I. The van der Waals surface area contributed by atoms with Gasteiger partial charge in [-0.25, -0.2) is 0 Å². The summed E-state index contributed by atoms with van der Waals surface area (Å²) in [5, 5.41) is 3.50. The minimum atomic E-state index is 0. The number of likely N-dealkylation sites (tertiary alicyclic amines) is 1. The number of hydrogen-bond donors (Lipinski definition) is 1. The Labute approximate surface area is 191 Å². The molecule has 0 atom stereocenters. The lowest BCUT2D eigenvalue weighted by atomic mass is 9.95. The van der Waals surface area contributed by atoms with E-state index in [1.54, 1.807) is 6.26 Å². The molecule has 3 heterocycles. The minimum absolute atomic E-state index is 0. The number of nitrogens with zero attached hydrogens (tertiary/aromatic N) is 3. The van der Waals surface area contributed by atoms with Crippen molar-refractivity contribution in [3.05, 3.63) is 24.2 Å². The van der Waals surface area contributed by atoms with E-state index in [4.69, 9.17) is 14.1 Å². The zero-order valence-corrected chi connectivity index (χ0v) is 19.8. The molecule has 8 heteroatoms. The average Bonchev–Trinajstić information content (AvgIpc) is 3.26. The number of halogens is 1. The third-order valence-corrected chi connectivity index (χ3v) is 5.47. The third kappa shape index (κ3) is 7.47. The van der Waals surface area contributed by atoms with Gasteiger partial charge in [-0.05, 0) is 31.4 Å². The first-order chi connectivity index (χ1) is 13.8. The zero-order chi connectivity index (χ0) is 19.6. The lowest BCUT2D eigenvalue weighted by Crippen LogP contribution is -2.50. The summed E-state index contributed by atoms with van der Waals surface area (Å²) in [6, 6.07) is 3.92. The van der Waals surface area contributed by atoms with Gasteiger partial charge >= 0.3 is 0 Å². The van der Waals surface area contributed by atoms with E-state index in [9.17, 15) is 4.79 Å². The highest BCUT2D eigenvalue weighted by Crippen LogP contribution is 2.20. The molecule has 2 saturated heterocycles. The number of piperidine rings is 1. The van der Waals surface area contributed by atoms with E-state index in [-0.39, 0.29) is 29.9 Å². The Morgan fingerprint density at radius 1 is 1.21 bits per heavy atom. The summed E-state index contributed by atoms with van der Waals surface area (Å²) < 4.78 is 10.8. The van der Waals surface area contributed by atoms with E-state index < -0.39 is 0 Å². The first kappa shape index (κ1) is 24.0. The highest BCUT2D eigenvalue weighted by molar-refractivity contribution is 14.0. The Kier molecular flexibility index (Phi) is 10.8. The molecule has 3 rings (SSSR count). The predicted molar refractivity (Wildman–Crippen MR) is 125 cm³/mol. The fourth-order valence-corrected chi connectivity index (χ4v) is 3.74. The molecular weight excluding hydrogens is 483 g/mol. The number of unbranched alkanes of at least 4 members (excludes halogenated alkanes) is 1. The molecule has 7 nitrogen and oxygen atoms in total. The number of nitrogens with one attached hydrogen (secondary N) is 1. The van der Waals surface area contributed by atoms with Crippen molar-refractivity contribution in [3.63, 3.8) is 0 Å². The van der Waals surface area contributed by atoms with Crippen LogP contribution in [0.3, 0.4) is 0 Å². The van der Waals surface area contributed by atoms with Crippen molar-refractivity contribution in [3.8, 4) is 0 Å². The highest BCUT2D eigenvalue weighted by atomic mass is 127. The van der Waals surface area contributed by atoms with Gasteiger partial charge in [0.15, 0.2) is 5.96 Å². The zero-order valence-electron chi connectivity index (χ0n) is 17.5. The number of morpholine rings is 1. The molecule has 1 aromatic rings. The van der Waals surface area contributed by atoms with Gasteiger partial charge in [0.25, 0.3) is 0 Å². The number of furan rings is 1. The van der Waals surface area contributed by atoms with E-state index in [1.807, 2.05) is 17.0 Å². The summed E-state index contributed by atoms with van der Waals surface area (Å²) in [6.45, 7) is 8.36. The van der Waals surface area contributed by atoms with Crippen molar-refractivity contribution in [1.29, 1.82) is 0 Å². The number of hydrogen-bond acceptors (Lipinski definition) is 4. The molecule has 0 aliphatic carbocycles. The Bertz CT molecular complexity index is 609. The summed E-state index contributed by atoms with van der Waals surface area (Å²) in [4.78, 5) is 21.8. The summed E-state index contributed by atoms with van der Waals surface area (Å²) in [7, 11) is 0. The van der Waals surface area contributed by atoms with Crippen molar-refractivity contribution < 1.29 is 13.9 Å². The minimum Gasteiger partial charge on any atom is -0.469 e. The van der Waals surface area contributed by atoms with E-state index in [0.717, 1.165) is 83.1 Å². The standard InChI is InChI=1S/C21H34N4O3.HI/c1-2-3-9-22-21(23-10-6-19-5-4-15-28-19)25-11-7-18(8-12-25)20(26)24-13-16-27-17-14-24;/h4-5,15,18H,2-3,6-14,16-17H2,1H3,(H,22,23);1H. The molecule has 0 aromatic carbocycles. The van der Waals surface area contributed by atoms with Crippen LogP contribution < -0.4 is 5.32 Å². The Morgan fingerprint density at radius 2 is 1.97 bits per heavy atom. The number of carbonyl (C=O) groups is 1. The van der Waals surface area contributed by atoms with E-state index in [2.05, 4.69) is 17.1 Å². The van der Waals surface area contributed by atoms with Crippen LogP contribution in [0, 0.1) is 5.92 Å². The number of carbonyl (C=O) groups excluding carboxylic acids is 1. The average molecular weight is 518 g/mol. The molecule has 0 radical (unpaired) electrons. The number of aliphatic imine (C=N–C) groups is 1. The second kappa shape index (κ2) is 13.1. The van der Waals surface area contributed by atoms with Gasteiger partial charge in [0, 0.05) is 51.6 Å². The number of guanidine groups is 1. The van der Waals surface area contributed by atoms with Gasteiger partial charge in [-0.2, -0.15) is 0 Å². The van der Waals surface area contributed by atoms with Crippen molar-refractivity contribution in [2.45, 2.75) is 39.0 Å². The smallest absolute Gasteiger partial charge is 0.225 e. The largest absolute Gasteiger partial charge is 0.469 e. The maximum absolute atomic E-state index is 12.7. The molecule has 0 unspecified atom stereocenters. The van der Waals surface area contributed by atoms with Gasteiger partial charge in [-0.1, -0.05) is 13.3 Å². The summed E-state index contributed by atoms with van der Waals surface area (Å²) in [5.41, 5.74) is 0. The quantitative estimate of drug-likeness (QED) is 0.260. The molecule has 1 N–H and O–H groups in total. The molecule has 1 amide bonds. The molecular formula is C21H35IN4O3. The highest BCUT2D eigenvalue weighted by Gasteiger charge is 2.30. The second-order valence-electron chi connectivity index (χ2n) is 7.51. The van der Waals surface area contributed by atoms with E-state index in [1.165, 1.54) is 0 Å². The molecule has 1 aromatic heterocycles. The van der Waals surface area contributed by atoms with Gasteiger partial charge in [-0.3, -0.25) is 9.79 Å². The Hall–Kier alpha value is -1.29. The fraction of sp³-hybridized carbons (Fsp3) is 0.714. The summed E-state index contributed by atoms with van der Waals surface area (Å²) in [5.74, 6) is 2.39. The van der Waals surface area contributed by atoms with Gasteiger partial charge in [-0.15, -0.1) is 24.0 Å². The van der Waals surface area contributed by atoms with Crippen LogP contribution in [0.15, 0.2) is 27.8 Å². The van der Waals surface area contributed by atoms with Crippen molar-refractivity contribution in [2.75, 3.05) is 52.5 Å². The number of rotatable bonds is 7. The summed E-state index contributed by atoms with van der Waals surface area (Å²) in [6.07, 6.45) is 6.56. The first-order valence-electron chi connectivity index (χ1n) is 10.7. The molecule has 2 aliphatic rings. The molecule has 2 aliphatic heterocycles. The first-order valence-corrected chi connectivity index (χ1v) is 10.7. The monoisotopic (exact) mass is 518 g/mol. The molecule has 29 heavy (non-hydrogen) atoms. The van der Waals surface area contributed by atoms with Crippen LogP contribution in [0.1, 0.15) is 38.4 Å². The Morgan fingerprint density at radius 3 is 2.62 bits per heavy atom. The van der Waals surface area contributed by atoms with Gasteiger partial charge in [0.05, 0.1) is 19.5 Å². The van der Waals surface area contributed by atoms with Crippen LogP contribution in [0.5, 0.6) is 0 Å². The van der Waals surface area contributed by atoms with Crippen molar-refractivity contribution in [2.24, 2.45) is 10.9 Å². The van der Waals surface area contributed by atoms with Gasteiger partial charge in [0.1, 0.15) is 5.76 Å². The summed E-state index contributed by atoms with van der Waals surface area (Å²) >= 11 is 0. The van der Waals surface area contributed by atoms with Crippen LogP contribution in [0.25, 0.3) is 0 Å². The predicted octanol–water partition coefficient (Wildman–Crippen LogP) is 2.76. The maximum atomic E-state index is 12.7. The topological polar surface area (TPSA) is 70.3 Å². The van der Waals surface area contributed by atoms with Crippen LogP contribution in [0.4, 0.5) is 0 Å². The lowest BCUT2D eigenvalue weighted by Gasteiger charge is -2.36. The van der Waals surface area contributed by atoms with Crippen LogP contribution >= 0.6 is 24.0 Å². The van der Waals surface area contributed by atoms with Crippen LogP contribution in [-0.2, 0) is 16.0 Å². The molecule has 0 bridgehead atoms. The van der Waals surface area contributed by atoms with Crippen LogP contribution in [0.2, 0.25) is 0 Å². The van der Waals surface area contributed by atoms with Crippen molar-refractivity contribution in [1.82, 2.24) is 15.1 Å². The van der Waals surface area contributed by atoms with E-state index in [0.29, 0.717) is 19.1 Å². The fourth-order valence-electron chi connectivity index (χ4n) is 3.74. The van der Waals surface area contributed by atoms with Gasteiger partial charge in [0.2, 0.25) is 5.91 Å². The van der Waals surface area contributed by atoms with Crippen molar-refractivity contribution >= 4 is 35.8 Å². The third-order valence-electron chi connectivity index (χ3n) is 5.47. The number of amides is 1. The Balaban J connectivity index is 0.00000300. The molecule has 164 valence electrons. The molecule has 0 saturated carbocycles. The normalized spacial score (nSPS) is 18.4. The van der Waals surface area contributed by atoms with Crippen LogP contribution in [-0.4, -0.2) is 74.1 Å². The maximum Gasteiger partial charge on any atom is 0.225 e. The lowest BCUT2D eigenvalue weighted by molar-refractivity contribution is -0.140. The molecule has 0 spiro atoms. The number of ether oxygens (including phenoxy) is 1. The second-order valence-corrected chi connectivity index (χ2v) is 7.51. The molecule has 2 fully saturated rings. The van der Waals surface area contributed by atoms with E-state index >= 15 is 0 Å².